The topological polar surface area (TPSA) is 38.9 Å². The molecule has 1 aromatic heterocycles. The predicted molar refractivity (Wildman–Crippen MR) is 65.9 cm³/mol. The van der Waals surface area contributed by atoms with Gasteiger partial charge in [0.05, 0.1) is 0 Å². The Labute approximate surface area is 104 Å². The lowest BCUT2D eigenvalue weighted by Crippen LogP contribution is -2.18. The van der Waals surface area contributed by atoms with Crippen LogP contribution in [-0.4, -0.2) is 4.98 Å². The molecule has 0 aliphatic heterocycles. The van der Waals surface area contributed by atoms with Gasteiger partial charge in [-0.15, -0.1) is 0 Å². The van der Waals surface area contributed by atoms with Gasteiger partial charge in [-0.1, -0.05) is 13.0 Å². The number of aromatic nitrogens is 1. The molecule has 2 aromatic rings. The summed E-state index contributed by atoms with van der Waals surface area (Å²) in [6.45, 7) is 1.95. The number of pyridine rings is 1. The van der Waals surface area contributed by atoms with E-state index in [1.807, 2.05) is 19.1 Å². The largest absolute Gasteiger partial charge is 0.323 e. The summed E-state index contributed by atoms with van der Waals surface area (Å²) >= 11 is 0. The zero-order chi connectivity index (χ0) is 13.1. The lowest BCUT2D eigenvalue weighted by molar-refractivity contribution is 0.502. The Morgan fingerprint density at radius 1 is 1.00 bits per heavy atom. The number of halogens is 2. The molecule has 0 aliphatic rings. The van der Waals surface area contributed by atoms with Crippen molar-refractivity contribution in [3.05, 3.63) is 65.5 Å². The molecule has 0 fully saturated rings. The van der Waals surface area contributed by atoms with E-state index in [1.165, 1.54) is 6.07 Å². The molecular formula is C14H14F2N2. The van der Waals surface area contributed by atoms with Gasteiger partial charge in [0.1, 0.15) is 0 Å². The molecule has 0 radical (unpaired) electrons. The van der Waals surface area contributed by atoms with E-state index >= 15 is 0 Å². The van der Waals surface area contributed by atoms with Crippen molar-refractivity contribution in [1.29, 1.82) is 0 Å². The van der Waals surface area contributed by atoms with Crippen LogP contribution in [-0.2, 0) is 0 Å². The second-order valence-corrected chi connectivity index (χ2v) is 4.27. The third-order valence-electron chi connectivity index (χ3n) is 3.10. The Balaban J connectivity index is 2.25. The van der Waals surface area contributed by atoms with Gasteiger partial charge in [0.15, 0.2) is 11.6 Å². The number of nitrogens with zero attached hydrogens (tertiary/aromatic N) is 1. The third-order valence-corrected chi connectivity index (χ3v) is 3.10. The second-order valence-electron chi connectivity index (χ2n) is 4.27. The van der Waals surface area contributed by atoms with E-state index in [4.69, 9.17) is 5.73 Å². The van der Waals surface area contributed by atoms with Crippen LogP contribution in [0.15, 0.2) is 42.7 Å². The standard InChI is InChI=1S/C14H14F2N2/c1-9(10-4-6-18-7-5-10)14(17)11-2-3-12(15)13(16)8-11/h2-9,14H,17H2,1H3. The van der Waals surface area contributed by atoms with Crippen molar-refractivity contribution in [2.75, 3.05) is 0 Å². The molecule has 2 rings (SSSR count). The van der Waals surface area contributed by atoms with Crippen LogP contribution in [0, 0.1) is 11.6 Å². The smallest absolute Gasteiger partial charge is 0.159 e. The highest BCUT2D eigenvalue weighted by atomic mass is 19.2. The molecule has 18 heavy (non-hydrogen) atoms. The minimum atomic E-state index is -0.870. The monoisotopic (exact) mass is 248 g/mol. The van der Waals surface area contributed by atoms with Gasteiger partial charge in [-0.25, -0.2) is 8.78 Å². The van der Waals surface area contributed by atoms with E-state index in [-0.39, 0.29) is 12.0 Å². The van der Waals surface area contributed by atoms with Gasteiger partial charge in [0.25, 0.3) is 0 Å². The first-order valence-corrected chi connectivity index (χ1v) is 5.70. The molecular weight excluding hydrogens is 234 g/mol. The number of nitrogens with two attached hydrogens (primary N) is 1. The van der Waals surface area contributed by atoms with E-state index in [0.717, 1.165) is 17.7 Å². The zero-order valence-corrected chi connectivity index (χ0v) is 9.98. The summed E-state index contributed by atoms with van der Waals surface area (Å²) in [4.78, 5) is 3.94. The van der Waals surface area contributed by atoms with Crippen molar-refractivity contribution in [3.8, 4) is 0 Å². The molecule has 94 valence electrons. The molecule has 0 saturated heterocycles. The van der Waals surface area contributed by atoms with Gasteiger partial charge in [0, 0.05) is 24.4 Å². The van der Waals surface area contributed by atoms with E-state index in [2.05, 4.69) is 4.98 Å². The summed E-state index contributed by atoms with van der Waals surface area (Å²) in [5.74, 6) is -1.73. The van der Waals surface area contributed by atoms with E-state index < -0.39 is 11.6 Å². The van der Waals surface area contributed by atoms with Gasteiger partial charge in [0.2, 0.25) is 0 Å². The molecule has 1 heterocycles. The molecule has 2 nitrogen and oxygen atoms in total. The van der Waals surface area contributed by atoms with Crippen LogP contribution in [0.25, 0.3) is 0 Å². The molecule has 4 heteroatoms. The summed E-state index contributed by atoms with van der Waals surface area (Å²) in [7, 11) is 0. The van der Waals surface area contributed by atoms with Gasteiger partial charge >= 0.3 is 0 Å². The summed E-state index contributed by atoms with van der Waals surface area (Å²) in [6.07, 6.45) is 3.37. The van der Waals surface area contributed by atoms with Crippen LogP contribution in [0.4, 0.5) is 8.78 Å². The molecule has 0 amide bonds. The summed E-state index contributed by atoms with van der Waals surface area (Å²) < 4.78 is 26.0. The zero-order valence-electron chi connectivity index (χ0n) is 9.98. The maximum absolute atomic E-state index is 13.2. The number of benzene rings is 1. The molecule has 0 spiro atoms. The second kappa shape index (κ2) is 5.23. The van der Waals surface area contributed by atoms with Crippen LogP contribution >= 0.6 is 0 Å². The van der Waals surface area contributed by atoms with Crippen LogP contribution in [0.3, 0.4) is 0 Å². The third kappa shape index (κ3) is 2.54. The van der Waals surface area contributed by atoms with Gasteiger partial charge in [-0.3, -0.25) is 4.98 Å². The highest BCUT2D eigenvalue weighted by Gasteiger charge is 2.18. The Bertz CT molecular complexity index is 529. The normalized spacial score (nSPS) is 14.2. The minimum Gasteiger partial charge on any atom is -0.323 e. The van der Waals surface area contributed by atoms with Crippen LogP contribution in [0.1, 0.15) is 30.0 Å². The van der Waals surface area contributed by atoms with Gasteiger partial charge in [-0.2, -0.15) is 0 Å². The fourth-order valence-corrected chi connectivity index (χ4v) is 1.88. The molecule has 1 aromatic carbocycles. The average Bonchev–Trinajstić information content (AvgIpc) is 2.41. The van der Waals surface area contributed by atoms with Crippen molar-refractivity contribution >= 4 is 0 Å². The molecule has 2 unspecified atom stereocenters. The van der Waals surface area contributed by atoms with E-state index in [9.17, 15) is 8.78 Å². The maximum Gasteiger partial charge on any atom is 0.159 e. The lowest BCUT2D eigenvalue weighted by atomic mass is 9.90. The Hall–Kier alpha value is -1.81. The Kier molecular flexibility index (Phi) is 3.67. The van der Waals surface area contributed by atoms with Gasteiger partial charge in [-0.05, 0) is 35.4 Å². The SMILES string of the molecule is CC(c1ccncc1)C(N)c1ccc(F)c(F)c1. The molecule has 0 aliphatic carbocycles. The molecule has 2 N–H and O–H groups in total. The summed E-state index contributed by atoms with van der Waals surface area (Å²) in [6, 6.07) is 7.11. The summed E-state index contributed by atoms with van der Waals surface area (Å²) in [5.41, 5.74) is 7.68. The van der Waals surface area contributed by atoms with E-state index in [1.54, 1.807) is 12.4 Å². The quantitative estimate of drug-likeness (QED) is 0.906. The van der Waals surface area contributed by atoms with Gasteiger partial charge < -0.3 is 5.73 Å². The fraction of sp³-hybridized carbons (Fsp3) is 0.214. The van der Waals surface area contributed by atoms with Crippen LogP contribution in [0.2, 0.25) is 0 Å². The lowest BCUT2D eigenvalue weighted by Gasteiger charge is -2.20. The molecule has 0 saturated carbocycles. The average molecular weight is 248 g/mol. The number of hydrogen-bond donors (Lipinski definition) is 1. The minimum absolute atomic E-state index is 0.00198. The van der Waals surface area contributed by atoms with E-state index in [0.29, 0.717) is 5.56 Å². The first-order chi connectivity index (χ1) is 8.59. The molecule has 0 bridgehead atoms. The first kappa shape index (κ1) is 12.6. The van der Waals surface area contributed by atoms with Crippen LogP contribution < -0.4 is 5.73 Å². The molecule has 2 atom stereocenters. The van der Waals surface area contributed by atoms with Crippen molar-refractivity contribution in [1.82, 2.24) is 4.98 Å². The fourth-order valence-electron chi connectivity index (χ4n) is 1.88. The van der Waals surface area contributed by atoms with Crippen molar-refractivity contribution in [3.63, 3.8) is 0 Å². The summed E-state index contributed by atoms with van der Waals surface area (Å²) in [5, 5.41) is 0. The number of rotatable bonds is 3. The van der Waals surface area contributed by atoms with Crippen LogP contribution in [0.5, 0.6) is 0 Å². The van der Waals surface area contributed by atoms with Crippen molar-refractivity contribution in [2.24, 2.45) is 5.73 Å². The van der Waals surface area contributed by atoms with Crippen molar-refractivity contribution in [2.45, 2.75) is 18.9 Å². The highest BCUT2D eigenvalue weighted by molar-refractivity contribution is 5.26. The Morgan fingerprint density at radius 3 is 2.28 bits per heavy atom. The number of hydrogen-bond acceptors (Lipinski definition) is 2. The Morgan fingerprint density at radius 2 is 1.67 bits per heavy atom. The highest BCUT2D eigenvalue weighted by Crippen LogP contribution is 2.28. The predicted octanol–water partition coefficient (Wildman–Crippen LogP) is 3.16. The maximum atomic E-state index is 13.2. The first-order valence-electron chi connectivity index (χ1n) is 5.70. The van der Waals surface area contributed by atoms with Crippen molar-refractivity contribution < 1.29 is 8.78 Å².